The highest BCUT2D eigenvalue weighted by molar-refractivity contribution is 5.92. The molecule has 0 bridgehead atoms. The Morgan fingerprint density at radius 3 is 2.43 bits per heavy atom. The fraction of sp³-hybridized carbons (Fsp3) is 0.353. The van der Waals surface area contributed by atoms with Gasteiger partial charge in [0.1, 0.15) is 5.69 Å². The zero-order valence-corrected chi connectivity index (χ0v) is 12.7. The Labute approximate surface area is 125 Å². The van der Waals surface area contributed by atoms with Crippen molar-refractivity contribution in [2.75, 3.05) is 6.54 Å². The SMILES string of the molecule is CC(C)(C)c1ccc([C@H](O)CNC(=O)c2ccc[nH]2)cc1. The number of benzene rings is 1. The molecule has 0 fully saturated rings. The number of carbonyl (C=O) groups is 1. The molecule has 112 valence electrons. The second-order valence-corrected chi connectivity index (χ2v) is 6.18. The van der Waals surface area contributed by atoms with Gasteiger partial charge in [-0.25, -0.2) is 0 Å². The number of nitrogens with one attached hydrogen (secondary N) is 2. The molecule has 0 saturated carbocycles. The average Bonchev–Trinajstić information content (AvgIpc) is 2.98. The van der Waals surface area contributed by atoms with Crippen molar-refractivity contribution in [2.24, 2.45) is 0 Å². The Bertz CT molecular complexity index is 580. The van der Waals surface area contributed by atoms with Crippen molar-refractivity contribution in [3.05, 3.63) is 59.4 Å². The van der Waals surface area contributed by atoms with Gasteiger partial charge in [-0.05, 0) is 28.7 Å². The molecular formula is C17H22N2O2. The van der Waals surface area contributed by atoms with Gasteiger partial charge in [-0.3, -0.25) is 4.79 Å². The minimum absolute atomic E-state index is 0.0886. The fourth-order valence-electron chi connectivity index (χ4n) is 2.08. The van der Waals surface area contributed by atoms with E-state index in [1.54, 1.807) is 18.3 Å². The van der Waals surface area contributed by atoms with Gasteiger partial charge < -0.3 is 15.4 Å². The van der Waals surface area contributed by atoms with E-state index >= 15 is 0 Å². The highest BCUT2D eigenvalue weighted by Crippen LogP contribution is 2.23. The van der Waals surface area contributed by atoms with Gasteiger partial charge in [0, 0.05) is 12.7 Å². The standard InChI is InChI=1S/C17H22N2O2/c1-17(2,3)13-8-6-12(7-9-13)15(20)11-19-16(21)14-5-4-10-18-14/h4-10,15,18,20H,11H2,1-3H3,(H,19,21)/t15-/m1/s1. The molecule has 1 aromatic heterocycles. The van der Waals surface area contributed by atoms with Crippen LogP contribution in [0.4, 0.5) is 0 Å². The summed E-state index contributed by atoms with van der Waals surface area (Å²) in [6.07, 6.45) is 0.981. The summed E-state index contributed by atoms with van der Waals surface area (Å²) in [7, 11) is 0. The van der Waals surface area contributed by atoms with Crippen molar-refractivity contribution >= 4 is 5.91 Å². The lowest BCUT2D eigenvalue weighted by Crippen LogP contribution is -2.28. The van der Waals surface area contributed by atoms with Gasteiger partial charge in [0.15, 0.2) is 0 Å². The molecule has 2 rings (SSSR count). The topological polar surface area (TPSA) is 65.1 Å². The van der Waals surface area contributed by atoms with Crippen LogP contribution in [-0.4, -0.2) is 22.5 Å². The quantitative estimate of drug-likeness (QED) is 0.809. The molecule has 4 heteroatoms. The molecule has 3 N–H and O–H groups in total. The smallest absolute Gasteiger partial charge is 0.267 e. The normalized spacial score (nSPS) is 13.0. The number of aromatic nitrogens is 1. The number of carbonyl (C=O) groups excluding carboxylic acids is 1. The third-order valence-electron chi connectivity index (χ3n) is 3.46. The highest BCUT2D eigenvalue weighted by Gasteiger charge is 2.15. The molecule has 0 aliphatic heterocycles. The van der Waals surface area contributed by atoms with Crippen molar-refractivity contribution in [1.29, 1.82) is 0 Å². The number of aliphatic hydroxyl groups is 1. The maximum atomic E-state index is 11.8. The number of hydrogen-bond acceptors (Lipinski definition) is 2. The van der Waals surface area contributed by atoms with E-state index in [0.29, 0.717) is 5.69 Å². The van der Waals surface area contributed by atoms with E-state index in [9.17, 15) is 9.90 Å². The van der Waals surface area contributed by atoms with Crippen molar-refractivity contribution in [3.8, 4) is 0 Å². The Hall–Kier alpha value is -2.07. The molecule has 2 aromatic rings. The van der Waals surface area contributed by atoms with Crippen LogP contribution in [0.3, 0.4) is 0 Å². The summed E-state index contributed by atoms with van der Waals surface area (Å²) < 4.78 is 0. The van der Waals surface area contributed by atoms with Crippen LogP contribution in [0.15, 0.2) is 42.6 Å². The van der Waals surface area contributed by atoms with Crippen molar-refractivity contribution in [1.82, 2.24) is 10.3 Å². The van der Waals surface area contributed by atoms with Gasteiger partial charge in [-0.2, -0.15) is 0 Å². The Morgan fingerprint density at radius 2 is 1.90 bits per heavy atom. The lowest BCUT2D eigenvalue weighted by atomic mass is 9.86. The molecule has 0 spiro atoms. The molecule has 0 saturated heterocycles. The molecule has 1 heterocycles. The number of rotatable bonds is 4. The van der Waals surface area contributed by atoms with E-state index < -0.39 is 6.10 Å². The minimum atomic E-state index is -0.710. The van der Waals surface area contributed by atoms with E-state index in [1.165, 1.54) is 5.56 Å². The van der Waals surface area contributed by atoms with E-state index in [-0.39, 0.29) is 17.9 Å². The van der Waals surface area contributed by atoms with Gasteiger partial charge in [0.25, 0.3) is 5.91 Å². The molecule has 0 aliphatic rings. The van der Waals surface area contributed by atoms with Crippen LogP contribution in [0.1, 0.15) is 48.5 Å². The summed E-state index contributed by atoms with van der Waals surface area (Å²) in [6, 6.07) is 11.3. The fourth-order valence-corrected chi connectivity index (χ4v) is 2.08. The van der Waals surface area contributed by atoms with Crippen LogP contribution in [0.2, 0.25) is 0 Å². The summed E-state index contributed by atoms with van der Waals surface area (Å²) in [6.45, 7) is 6.63. The highest BCUT2D eigenvalue weighted by atomic mass is 16.3. The van der Waals surface area contributed by atoms with Crippen molar-refractivity contribution < 1.29 is 9.90 Å². The van der Waals surface area contributed by atoms with Crippen LogP contribution in [0.5, 0.6) is 0 Å². The second-order valence-electron chi connectivity index (χ2n) is 6.18. The maximum Gasteiger partial charge on any atom is 0.267 e. The number of aromatic amines is 1. The predicted octanol–water partition coefficient (Wildman–Crippen LogP) is 2.78. The van der Waals surface area contributed by atoms with Gasteiger partial charge in [-0.15, -0.1) is 0 Å². The largest absolute Gasteiger partial charge is 0.387 e. The Balaban J connectivity index is 1.94. The first-order valence-electron chi connectivity index (χ1n) is 7.08. The molecule has 4 nitrogen and oxygen atoms in total. The lowest BCUT2D eigenvalue weighted by molar-refractivity contribution is 0.0912. The third-order valence-corrected chi connectivity index (χ3v) is 3.46. The van der Waals surface area contributed by atoms with E-state index in [4.69, 9.17) is 0 Å². The minimum Gasteiger partial charge on any atom is -0.387 e. The summed E-state index contributed by atoms with van der Waals surface area (Å²) in [4.78, 5) is 14.6. The lowest BCUT2D eigenvalue weighted by Gasteiger charge is -2.20. The van der Waals surface area contributed by atoms with Crippen LogP contribution in [0, 0.1) is 0 Å². The molecule has 1 atom stereocenters. The van der Waals surface area contributed by atoms with E-state index in [1.807, 2.05) is 24.3 Å². The first-order valence-corrected chi connectivity index (χ1v) is 7.08. The molecule has 0 aliphatic carbocycles. The first-order chi connectivity index (χ1) is 9.88. The third kappa shape index (κ3) is 3.95. The van der Waals surface area contributed by atoms with Crippen molar-refractivity contribution in [2.45, 2.75) is 32.3 Å². The van der Waals surface area contributed by atoms with Crippen LogP contribution >= 0.6 is 0 Å². The number of amides is 1. The molecular weight excluding hydrogens is 264 g/mol. The van der Waals surface area contributed by atoms with Gasteiger partial charge in [-0.1, -0.05) is 45.0 Å². The number of hydrogen-bond donors (Lipinski definition) is 3. The molecule has 1 aromatic carbocycles. The molecule has 0 radical (unpaired) electrons. The Kier molecular flexibility index (Phi) is 4.48. The Morgan fingerprint density at radius 1 is 1.24 bits per heavy atom. The van der Waals surface area contributed by atoms with Gasteiger partial charge in [0.05, 0.1) is 6.10 Å². The average molecular weight is 286 g/mol. The molecule has 0 unspecified atom stereocenters. The van der Waals surface area contributed by atoms with Crippen LogP contribution < -0.4 is 5.32 Å². The molecule has 1 amide bonds. The van der Waals surface area contributed by atoms with Gasteiger partial charge in [0.2, 0.25) is 0 Å². The summed E-state index contributed by atoms with van der Waals surface area (Å²) in [5.74, 6) is -0.217. The van der Waals surface area contributed by atoms with E-state index in [0.717, 1.165) is 5.56 Å². The van der Waals surface area contributed by atoms with Crippen LogP contribution in [0.25, 0.3) is 0 Å². The predicted molar refractivity (Wildman–Crippen MR) is 83.2 cm³/mol. The number of H-pyrrole nitrogens is 1. The zero-order chi connectivity index (χ0) is 15.5. The van der Waals surface area contributed by atoms with Crippen LogP contribution in [-0.2, 0) is 5.41 Å². The second kappa shape index (κ2) is 6.14. The van der Waals surface area contributed by atoms with E-state index in [2.05, 4.69) is 31.1 Å². The first kappa shape index (κ1) is 15.3. The monoisotopic (exact) mass is 286 g/mol. The summed E-state index contributed by atoms with van der Waals surface area (Å²) >= 11 is 0. The summed E-state index contributed by atoms with van der Waals surface area (Å²) in [5, 5.41) is 12.8. The summed E-state index contributed by atoms with van der Waals surface area (Å²) in [5.41, 5.74) is 2.60. The maximum absolute atomic E-state index is 11.8. The zero-order valence-electron chi connectivity index (χ0n) is 12.7. The van der Waals surface area contributed by atoms with Gasteiger partial charge >= 0.3 is 0 Å². The molecule has 21 heavy (non-hydrogen) atoms. The van der Waals surface area contributed by atoms with Crippen molar-refractivity contribution in [3.63, 3.8) is 0 Å². The number of aliphatic hydroxyl groups excluding tert-OH is 1.